The van der Waals surface area contributed by atoms with Gasteiger partial charge >= 0.3 is 0 Å². The Bertz CT molecular complexity index is 476. The fraction of sp³-hybridized carbons (Fsp3) is 0.583. The lowest BCUT2D eigenvalue weighted by atomic mass is 10.0. The molecule has 90 valence electrons. The number of amides is 1. The van der Waals surface area contributed by atoms with Gasteiger partial charge in [-0.25, -0.2) is 0 Å². The van der Waals surface area contributed by atoms with Crippen LogP contribution in [-0.4, -0.2) is 33.5 Å². The summed E-state index contributed by atoms with van der Waals surface area (Å²) >= 11 is 1.21. The Labute approximate surface area is 104 Å². The molecular formula is C12H15N3OS. The summed E-state index contributed by atoms with van der Waals surface area (Å²) in [5.41, 5.74) is 4.01. The number of piperidine rings is 1. The van der Waals surface area contributed by atoms with Gasteiger partial charge in [0, 0.05) is 13.1 Å². The number of hydrogen-bond acceptors (Lipinski definition) is 4. The number of hydrogen-bond donors (Lipinski definition) is 0. The predicted molar refractivity (Wildman–Crippen MR) is 66.0 cm³/mol. The number of carbonyl (C=O) groups is 1. The van der Waals surface area contributed by atoms with E-state index in [1.54, 1.807) is 11.1 Å². The molecule has 1 aromatic rings. The van der Waals surface area contributed by atoms with Gasteiger partial charge in [-0.2, -0.15) is 0 Å². The molecule has 3 rings (SSSR count). The van der Waals surface area contributed by atoms with Crippen LogP contribution in [0, 0.1) is 6.92 Å². The summed E-state index contributed by atoms with van der Waals surface area (Å²) in [5, 5.41) is 3.90. The Balaban J connectivity index is 1.69. The summed E-state index contributed by atoms with van der Waals surface area (Å²) in [5.74, 6) is 0.109. The molecule has 17 heavy (non-hydrogen) atoms. The topological polar surface area (TPSA) is 46.1 Å². The number of aromatic nitrogens is 2. The molecule has 4 nitrogen and oxygen atoms in total. The summed E-state index contributed by atoms with van der Waals surface area (Å²) in [4.78, 5) is 14.9. The fourth-order valence-corrected chi connectivity index (χ4v) is 2.95. The number of likely N-dealkylation sites (tertiary alicyclic amines) is 1. The Kier molecular flexibility index (Phi) is 2.70. The van der Waals surface area contributed by atoms with Gasteiger partial charge in [-0.15, -0.1) is 5.10 Å². The van der Waals surface area contributed by atoms with E-state index < -0.39 is 0 Å². The van der Waals surface area contributed by atoms with E-state index in [1.165, 1.54) is 24.4 Å². The van der Waals surface area contributed by atoms with Gasteiger partial charge in [0.1, 0.15) is 4.88 Å². The highest BCUT2D eigenvalue weighted by Gasteiger charge is 2.26. The third-order valence-corrected chi connectivity index (χ3v) is 4.32. The largest absolute Gasteiger partial charge is 0.337 e. The number of carbonyl (C=O) groups excluding carboxylic acids is 1. The molecule has 0 spiro atoms. The van der Waals surface area contributed by atoms with Gasteiger partial charge in [-0.1, -0.05) is 15.6 Å². The molecule has 0 N–H and O–H groups in total. The monoisotopic (exact) mass is 249 g/mol. The van der Waals surface area contributed by atoms with Crippen molar-refractivity contribution >= 4 is 17.4 Å². The van der Waals surface area contributed by atoms with Gasteiger partial charge in [0.25, 0.3) is 5.91 Å². The Morgan fingerprint density at radius 1 is 1.18 bits per heavy atom. The average Bonchev–Trinajstić information content (AvgIpc) is 3.12. The van der Waals surface area contributed by atoms with Gasteiger partial charge < -0.3 is 4.90 Å². The van der Waals surface area contributed by atoms with Crippen LogP contribution in [0.5, 0.6) is 0 Å². The second-order valence-corrected chi connectivity index (χ2v) is 5.44. The smallest absolute Gasteiger partial charge is 0.267 e. The third kappa shape index (κ3) is 2.11. The number of rotatable bonds is 1. The molecule has 1 amide bonds. The van der Waals surface area contributed by atoms with E-state index in [0.29, 0.717) is 4.88 Å². The van der Waals surface area contributed by atoms with Gasteiger partial charge in [0.05, 0.1) is 5.69 Å². The normalized spacial score (nSPS) is 19.7. The Morgan fingerprint density at radius 3 is 2.35 bits per heavy atom. The maximum absolute atomic E-state index is 12.2. The van der Waals surface area contributed by atoms with Crippen molar-refractivity contribution in [1.82, 2.24) is 14.5 Å². The van der Waals surface area contributed by atoms with Crippen molar-refractivity contribution in [3.8, 4) is 0 Å². The molecule has 0 radical (unpaired) electrons. The molecule has 1 aliphatic heterocycles. The maximum Gasteiger partial charge on any atom is 0.267 e. The van der Waals surface area contributed by atoms with Gasteiger partial charge in [0.2, 0.25) is 0 Å². The van der Waals surface area contributed by atoms with Gasteiger partial charge in [0.15, 0.2) is 0 Å². The van der Waals surface area contributed by atoms with Gasteiger partial charge in [-0.05, 0) is 44.1 Å². The van der Waals surface area contributed by atoms with Crippen LogP contribution in [0.3, 0.4) is 0 Å². The quantitative estimate of drug-likeness (QED) is 0.717. The molecule has 5 heteroatoms. The van der Waals surface area contributed by atoms with E-state index in [0.717, 1.165) is 31.6 Å². The zero-order valence-electron chi connectivity index (χ0n) is 9.90. The molecule has 2 aliphatic rings. The first-order valence-corrected chi connectivity index (χ1v) is 6.81. The van der Waals surface area contributed by atoms with Crippen LogP contribution in [0.2, 0.25) is 0 Å². The zero-order valence-corrected chi connectivity index (χ0v) is 10.7. The second-order valence-electron chi connectivity index (χ2n) is 4.69. The third-order valence-electron chi connectivity index (χ3n) is 3.50. The Morgan fingerprint density at radius 2 is 1.82 bits per heavy atom. The standard InChI is InChI=1S/C12H15N3OS/c1-8-11(17-14-13-8)12(16)15-6-4-10(5-7-15)9-2-3-9/h2-7H2,1H3. The molecule has 2 fully saturated rings. The first kappa shape index (κ1) is 10.9. The van der Waals surface area contributed by atoms with Crippen LogP contribution in [0.1, 0.15) is 41.0 Å². The highest BCUT2D eigenvalue weighted by molar-refractivity contribution is 7.07. The number of nitrogens with zero attached hydrogens (tertiary/aromatic N) is 3. The average molecular weight is 249 g/mol. The maximum atomic E-state index is 12.2. The highest BCUT2D eigenvalue weighted by atomic mass is 32.1. The summed E-state index contributed by atoms with van der Waals surface area (Å²) in [7, 11) is 0. The lowest BCUT2D eigenvalue weighted by Crippen LogP contribution is -2.36. The van der Waals surface area contributed by atoms with Crippen molar-refractivity contribution in [2.75, 3.05) is 13.1 Å². The minimum Gasteiger partial charge on any atom is -0.337 e. The van der Waals surface area contributed by atoms with E-state index in [9.17, 15) is 4.79 Å². The minimum absolute atomic E-state index is 0.109. The van der Waals surface area contributed by atoms with Crippen molar-refractivity contribution in [3.05, 3.63) is 21.7 Å². The van der Waals surface area contributed by atoms with Crippen molar-refractivity contribution in [1.29, 1.82) is 0 Å². The molecule has 0 atom stereocenters. The lowest BCUT2D eigenvalue weighted by Gasteiger charge is -2.28. The van der Waals surface area contributed by atoms with E-state index in [2.05, 4.69) is 9.59 Å². The first-order valence-electron chi connectivity index (χ1n) is 6.03. The molecule has 0 aromatic carbocycles. The van der Waals surface area contributed by atoms with E-state index in [1.807, 2.05) is 11.8 Å². The van der Waals surface area contributed by atoms with Crippen LogP contribution in [0.25, 0.3) is 0 Å². The molecule has 0 bridgehead atoms. The SMILES string of the molecule is Cc1nnsc1C(=O)N1CCC(=C2CC2)CC1. The van der Waals surface area contributed by atoms with Crippen molar-refractivity contribution in [3.63, 3.8) is 0 Å². The first-order chi connectivity index (χ1) is 8.25. The highest BCUT2D eigenvalue weighted by Crippen LogP contribution is 2.36. The molecule has 1 aliphatic carbocycles. The molecule has 1 aromatic heterocycles. The van der Waals surface area contributed by atoms with E-state index in [4.69, 9.17) is 0 Å². The van der Waals surface area contributed by atoms with Crippen LogP contribution in [0.4, 0.5) is 0 Å². The number of aryl methyl sites for hydroxylation is 1. The van der Waals surface area contributed by atoms with Crippen LogP contribution >= 0.6 is 11.5 Å². The summed E-state index contributed by atoms with van der Waals surface area (Å²) in [6.45, 7) is 3.56. The molecule has 1 saturated carbocycles. The number of allylic oxidation sites excluding steroid dienone is 1. The molecule has 1 saturated heterocycles. The molecule has 0 unspecified atom stereocenters. The van der Waals surface area contributed by atoms with E-state index in [-0.39, 0.29) is 5.91 Å². The van der Waals surface area contributed by atoms with Crippen molar-refractivity contribution in [2.24, 2.45) is 0 Å². The minimum atomic E-state index is 0.109. The van der Waals surface area contributed by atoms with Crippen molar-refractivity contribution < 1.29 is 4.79 Å². The summed E-state index contributed by atoms with van der Waals surface area (Å²) in [6.07, 6.45) is 4.71. The van der Waals surface area contributed by atoms with Crippen LogP contribution in [0.15, 0.2) is 11.1 Å². The zero-order chi connectivity index (χ0) is 11.8. The molecular weight excluding hydrogens is 234 g/mol. The van der Waals surface area contributed by atoms with Crippen molar-refractivity contribution in [2.45, 2.75) is 32.6 Å². The second kappa shape index (κ2) is 4.22. The predicted octanol–water partition coefficient (Wildman–Crippen LogP) is 2.17. The van der Waals surface area contributed by atoms with Crippen LogP contribution < -0.4 is 0 Å². The summed E-state index contributed by atoms with van der Waals surface area (Å²) in [6, 6.07) is 0. The van der Waals surface area contributed by atoms with Gasteiger partial charge in [-0.3, -0.25) is 4.79 Å². The van der Waals surface area contributed by atoms with Crippen LogP contribution in [-0.2, 0) is 0 Å². The fourth-order valence-electron chi connectivity index (χ4n) is 2.32. The van der Waals surface area contributed by atoms with E-state index >= 15 is 0 Å². The molecule has 2 heterocycles. The lowest BCUT2D eigenvalue weighted by molar-refractivity contribution is 0.0747. The Hall–Kier alpha value is -1.23. The summed E-state index contributed by atoms with van der Waals surface area (Å²) < 4.78 is 3.83.